The van der Waals surface area contributed by atoms with E-state index in [1.165, 1.54) is 18.4 Å². The standard InChI is InChI=1S/C25H32N6O2/c1-18-6-8-21(9-7-18)31-15-14-30(25(31)33)17-24(32)26-20-10-12-29(13-11-20)23-16-19-4-2-3-5-22(19)27-28-23/h6-9,16,20H,2-5,10-15,17H2,1H3,(H,26,32). The van der Waals surface area contributed by atoms with Crippen molar-refractivity contribution in [2.75, 3.05) is 42.5 Å². The number of aryl methyl sites for hydroxylation is 3. The molecule has 2 fully saturated rings. The van der Waals surface area contributed by atoms with Crippen LogP contribution >= 0.6 is 0 Å². The molecule has 1 aromatic heterocycles. The molecule has 1 N–H and O–H groups in total. The number of urea groups is 1. The highest BCUT2D eigenvalue weighted by atomic mass is 16.2. The zero-order valence-electron chi connectivity index (χ0n) is 19.3. The van der Waals surface area contributed by atoms with E-state index in [-0.39, 0.29) is 24.5 Å². The summed E-state index contributed by atoms with van der Waals surface area (Å²) in [5.74, 6) is 0.875. The Balaban J connectivity index is 1.10. The summed E-state index contributed by atoms with van der Waals surface area (Å²) in [6.45, 7) is 5.00. The van der Waals surface area contributed by atoms with Gasteiger partial charge in [-0.15, -0.1) is 5.10 Å². The Morgan fingerprint density at radius 3 is 2.58 bits per heavy atom. The number of nitrogens with zero attached hydrogens (tertiary/aromatic N) is 5. The maximum absolute atomic E-state index is 12.8. The molecule has 8 heteroatoms. The Bertz CT molecular complexity index is 1020. The van der Waals surface area contributed by atoms with Crippen LogP contribution in [0.3, 0.4) is 0 Å². The van der Waals surface area contributed by atoms with Crippen LogP contribution < -0.4 is 15.1 Å². The first-order chi connectivity index (χ1) is 16.1. The highest BCUT2D eigenvalue weighted by molar-refractivity contribution is 5.96. The summed E-state index contributed by atoms with van der Waals surface area (Å²) in [5.41, 5.74) is 4.54. The molecule has 3 aliphatic rings. The van der Waals surface area contributed by atoms with Crippen molar-refractivity contribution in [1.29, 1.82) is 0 Å². The lowest BCUT2D eigenvalue weighted by atomic mass is 9.96. The lowest BCUT2D eigenvalue weighted by Gasteiger charge is -2.33. The van der Waals surface area contributed by atoms with Gasteiger partial charge in [0, 0.05) is 37.9 Å². The molecule has 3 heterocycles. The molecule has 0 unspecified atom stereocenters. The molecule has 1 aromatic carbocycles. The topological polar surface area (TPSA) is 81.7 Å². The van der Waals surface area contributed by atoms with Crippen molar-refractivity contribution in [2.45, 2.75) is 51.5 Å². The summed E-state index contributed by atoms with van der Waals surface area (Å²) in [5, 5.41) is 12.0. The van der Waals surface area contributed by atoms with Gasteiger partial charge in [0.1, 0.15) is 6.54 Å². The summed E-state index contributed by atoms with van der Waals surface area (Å²) in [6.07, 6.45) is 6.31. The quantitative estimate of drug-likeness (QED) is 0.761. The summed E-state index contributed by atoms with van der Waals surface area (Å²) < 4.78 is 0. The van der Waals surface area contributed by atoms with E-state index in [1.807, 2.05) is 31.2 Å². The fourth-order valence-corrected chi connectivity index (χ4v) is 5.03. The lowest BCUT2D eigenvalue weighted by molar-refractivity contribution is -0.122. The van der Waals surface area contributed by atoms with Gasteiger partial charge in [-0.1, -0.05) is 17.7 Å². The number of hydrogen-bond acceptors (Lipinski definition) is 5. The van der Waals surface area contributed by atoms with Crippen molar-refractivity contribution < 1.29 is 9.59 Å². The van der Waals surface area contributed by atoms with Gasteiger partial charge in [-0.2, -0.15) is 5.10 Å². The molecule has 33 heavy (non-hydrogen) atoms. The monoisotopic (exact) mass is 448 g/mol. The second kappa shape index (κ2) is 9.37. The minimum atomic E-state index is -0.102. The third-order valence-corrected chi connectivity index (χ3v) is 7.02. The Kier molecular flexibility index (Phi) is 6.15. The highest BCUT2D eigenvalue weighted by Gasteiger charge is 2.31. The van der Waals surface area contributed by atoms with Crippen molar-refractivity contribution in [1.82, 2.24) is 20.4 Å². The Hall–Kier alpha value is -3.16. The molecule has 0 saturated carbocycles. The van der Waals surface area contributed by atoms with Crippen LogP contribution in [0.1, 0.15) is 42.5 Å². The number of hydrogen-bond donors (Lipinski definition) is 1. The van der Waals surface area contributed by atoms with E-state index in [9.17, 15) is 9.59 Å². The second-order valence-corrected chi connectivity index (χ2v) is 9.40. The Morgan fingerprint density at radius 1 is 1.03 bits per heavy atom. The van der Waals surface area contributed by atoms with E-state index >= 15 is 0 Å². The van der Waals surface area contributed by atoms with E-state index < -0.39 is 0 Å². The smallest absolute Gasteiger partial charge is 0.325 e. The van der Waals surface area contributed by atoms with Crippen molar-refractivity contribution >= 4 is 23.4 Å². The molecule has 0 atom stereocenters. The van der Waals surface area contributed by atoms with Gasteiger partial charge in [0.05, 0.1) is 5.69 Å². The number of anilines is 2. The predicted molar refractivity (Wildman–Crippen MR) is 128 cm³/mol. The van der Waals surface area contributed by atoms with E-state index in [1.54, 1.807) is 9.80 Å². The molecule has 0 radical (unpaired) electrons. The number of nitrogens with one attached hydrogen (secondary N) is 1. The maximum atomic E-state index is 12.8. The first kappa shape index (κ1) is 21.7. The van der Waals surface area contributed by atoms with Crippen LogP contribution in [-0.2, 0) is 17.6 Å². The zero-order valence-corrected chi connectivity index (χ0v) is 19.3. The van der Waals surface area contributed by atoms with Gasteiger partial charge >= 0.3 is 6.03 Å². The molecule has 5 rings (SSSR count). The van der Waals surface area contributed by atoms with E-state index in [4.69, 9.17) is 0 Å². The van der Waals surface area contributed by atoms with E-state index in [2.05, 4.69) is 26.5 Å². The molecule has 3 amide bonds. The SMILES string of the molecule is Cc1ccc(N2CCN(CC(=O)NC3CCN(c4cc5c(nn4)CCCC5)CC3)C2=O)cc1. The summed E-state index contributed by atoms with van der Waals surface area (Å²) in [6, 6.07) is 10.1. The number of carbonyl (C=O) groups is 2. The summed E-state index contributed by atoms with van der Waals surface area (Å²) >= 11 is 0. The number of piperidine rings is 1. The molecule has 2 saturated heterocycles. The van der Waals surface area contributed by atoms with Gasteiger partial charge in [0.15, 0.2) is 5.82 Å². The van der Waals surface area contributed by atoms with Crippen LogP contribution in [0.2, 0.25) is 0 Å². The second-order valence-electron chi connectivity index (χ2n) is 9.40. The maximum Gasteiger partial charge on any atom is 0.325 e. The first-order valence-corrected chi connectivity index (χ1v) is 12.1. The molecular weight excluding hydrogens is 416 g/mol. The Labute approximate surface area is 195 Å². The molecule has 1 aliphatic carbocycles. The van der Waals surface area contributed by atoms with Gasteiger partial charge in [0.2, 0.25) is 5.91 Å². The molecule has 2 aliphatic heterocycles. The van der Waals surface area contributed by atoms with E-state index in [0.717, 1.165) is 61.5 Å². The van der Waals surface area contributed by atoms with Crippen LogP contribution in [0, 0.1) is 6.92 Å². The number of amides is 3. The van der Waals surface area contributed by atoms with Crippen LogP contribution in [0.4, 0.5) is 16.3 Å². The number of rotatable bonds is 5. The van der Waals surface area contributed by atoms with Crippen LogP contribution in [0.5, 0.6) is 0 Å². The van der Waals surface area contributed by atoms with Crippen molar-refractivity contribution in [2.24, 2.45) is 0 Å². The molecule has 0 spiro atoms. The average molecular weight is 449 g/mol. The van der Waals surface area contributed by atoms with Crippen LogP contribution in [-0.4, -0.2) is 65.8 Å². The normalized spacial score (nSPS) is 19.1. The summed E-state index contributed by atoms with van der Waals surface area (Å²) in [4.78, 5) is 31.1. The van der Waals surface area contributed by atoms with Gasteiger partial charge in [-0.25, -0.2) is 4.79 Å². The minimum Gasteiger partial charge on any atom is -0.355 e. The highest BCUT2D eigenvalue weighted by Crippen LogP contribution is 2.24. The minimum absolute atomic E-state index is 0.0823. The third kappa shape index (κ3) is 4.79. The average Bonchev–Trinajstić information content (AvgIpc) is 3.19. The largest absolute Gasteiger partial charge is 0.355 e. The Morgan fingerprint density at radius 2 is 1.79 bits per heavy atom. The van der Waals surface area contributed by atoms with Crippen molar-refractivity contribution in [3.63, 3.8) is 0 Å². The number of aromatic nitrogens is 2. The van der Waals surface area contributed by atoms with Gasteiger partial charge in [-0.05, 0) is 69.2 Å². The summed E-state index contributed by atoms with van der Waals surface area (Å²) in [7, 11) is 0. The number of benzene rings is 1. The number of fused-ring (bicyclic) bond motifs is 1. The fourth-order valence-electron chi connectivity index (χ4n) is 5.03. The van der Waals surface area contributed by atoms with Crippen molar-refractivity contribution in [3.05, 3.63) is 47.2 Å². The van der Waals surface area contributed by atoms with Crippen LogP contribution in [0.25, 0.3) is 0 Å². The molecule has 174 valence electrons. The van der Waals surface area contributed by atoms with Gasteiger partial charge in [0.25, 0.3) is 0 Å². The number of carbonyl (C=O) groups excluding carboxylic acids is 2. The molecule has 8 nitrogen and oxygen atoms in total. The van der Waals surface area contributed by atoms with Gasteiger partial charge in [-0.3, -0.25) is 9.69 Å². The third-order valence-electron chi connectivity index (χ3n) is 7.02. The predicted octanol–water partition coefficient (Wildman–Crippen LogP) is 2.69. The van der Waals surface area contributed by atoms with Crippen LogP contribution in [0.15, 0.2) is 30.3 Å². The van der Waals surface area contributed by atoms with Crippen molar-refractivity contribution in [3.8, 4) is 0 Å². The molecule has 2 aromatic rings. The van der Waals surface area contributed by atoms with Gasteiger partial charge < -0.3 is 15.1 Å². The lowest BCUT2D eigenvalue weighted by Crippen LogP contribution is -2.48. The fraction of sp³-hybridized carbons (Fsp3) is 0.520. The molecule has 0 bridgehead atoms. The first-order valence-electron chi connectivity index (χ1n) is 12.1. The van der Waals surface area contributed by atoms with E-state index in [0.29, 0.717) is 13.1 Å². The zero-order chi connectivity index (χ0) is 22.8. The molecular formula is C25H32N6O2.